The van der Waals surface area contributed by atoms with Crippen LogP contribution in [0.3, 0.4) is 0 Å². The second kappa shape index (κ2) is 10.9. The van der Waals surface area contributed by atoms with Gasteiger partial charge in [0.05, 0.1) is 4.90 Å². The lowest BCUT2D eigenvalue weighted by atomic mass is 10.2. The highest BCUT2D eigenvalue weighted by atomic mass is 32.2. The Kier molecular flexibility index (Phi) is 8.00. The molecule has 1 aromatic heterocycles. The number of nitrogens with zero attached hydrogens (tertiary/aromatic N) is 3. The first-order chi connectivity index (χ1) is 15.5. The third-order valence-corrected chi connectivity index (χ3v) is 6.56. The Balaban J connectivity index is 1.71. The first-order valence-corrected chi connectivity index (χ1v) is 11.7. The number of rotatable bonds is 11. The van der Waals surface area contributed by atoms with Crippen molar-refractivity contribution in [3.05, 3.63) is 65.9 Å². The number of hydrogen-bond acceptors (Lipinski definition) is 7. The first-order valence-electron chi connectivity index (χ1n) is 10.3. The lowest BCUT2D eigenvalue weighted by Crippen LogP contribution is -2.26. The average Bonchev–Trinajstić information content (AvgIpc) is 3.23. The third kappa shape index (κ3) is 5.73. The van der Waals surface area contributed by atoms with Crippen molar-refractivity contribution in [3.8, 4) is 17.5 Å². The molecule has 3 aromatic rings. The number of sulfonamides is 1. The van der Waals surface area contributed by atoms with Gasteiger partial charge in [0.2, 0.25) is 27.5 Å². The molecule has 0 aliphatic heterocycles. The van der Waals surface area contributed by atoms with Gasteiger partial charge in [-0.1, -0.05) is 30.3 Å². The van der Waals surface area contributed by atoms with Crippen molar-refractivity contribution in [2.75, 3.05) is 32.1 Å². The monoisotopic (exact) mass is 454 g/mol. The van der Waals surface area contributed by atoms with E-state index < -0.39 is 10.0 Å². The van der Waals surface area contributed by atoms with E-state index in [1.807, 2.05) is 43.3 Å². The van der Waals surface area contributed by atoms with Gasteiger partial charge in [-0.25, -0.2) is 8.42 Å². The van der Waals surface area contributed by atoms with Gasteiger partial charge in [0.15, 0.2) is 0 Å². The van der Waals surface area contributed by atoms with E-state index in [1.165, 1.54) is 16.4 Å². The Morgan fingerprint density at radius 1 is 1.16 bits per heavy atom. The lowest BCUT2D eigenvalue weighted by Gasteiger charge is -2.17. The molecule has 0 saturated carbocycles. The predicted molar refractivity (Wildman–Crippen MR) is 121 cm³/mol. The summed E-state index contributed by atoms with van der Waals surface area (Å²) in [5, 5.41) is 12.4. The number of anilines is 1. The number of benzene rings is 2. The average molecular weight is 455 g/mol. The predicted octanol–water partition coefficient (Wildman–Crippen LogP) is 3.87. The van der Waals surface area contributed by atoms with Gasteiger partial charge in [-0.2, -0.15) is 14.6 Å². The standard InChI is InChI=1S/C23H26N4O4S/c1-3-30-15-7-14-25-23-21(16-24)26-22(31-23)19-10-12-20(13-11-19)32(28,29)27(2)17-18-8-5-4-6-9-18/h4-6,8-13,25H,3,7,14-15,17H2,1-2H3. The molecule has 0 fully saturated rings. The Morgan fingerprint density at radius 2 is 1.88 bits per heavy atom. The van der Waals surface area contributed by atoms with E-state index >= 15 is 0 Å². The maximum atomic E-state index is 12.9. The SMILES string of the molecule is CCOCCCNc1oc(-c2ccc(S(=O)(=O)N(C)Cc3ccccc3)cc2)nc1C#N. The number of ether oxygens (including phenoxy) is 1. The second-order valence-electron chi connectivity index (χ2n) is 7.06. The largest absolute Gasteiger partial charge is 0.419 e. The maximum Gasteiger partial charge on any atom is 0.243 e. The van der Waals surface area contributed by atoms with Crippen molar-refractivity contribution in [1.29, 1.82) is 5.26 Å². The number of hydrogen-bond donors (Lipinski definition) is 1. The van der Waals surface area contributed by atoms with Crippen LogP contribution < -0.4 is 5.32 Å². The van der Waals surface area contributed by atoms with Crippen LogP contribution in [-0.4, -0.2) is 44.5 Å². The van der Waals surface area contributed by atoms with Crippen molar-refractivity contribution < 1.29 is 17.6 Å². The zero-order valence-corrected chi connectivity index (χ0v) is 18.9. The minimum atomic E-state index is -3.66. The molecule has 0 atom stereocenters. The van der Waals surface area contributed by atoms with Crippen LogP contribution in [0.2, 0.25) is 0 Å². The molecule has 8 nitrogen and oxygen atoms in total. The Hall–Kier alpha value is -3.19. The summed E-state index contributed by atoms with van der Waals surface area (Å²) in [6.45, 7) is 4.05. The van der Waals surface area contributed by atoms with Crippen LogP contribution in [0.25, 0.3) is 11.5 Å². The highest BCUT2D eigenvalue weighted by Gasteiger charge is 2.22. The highest BCUT2D eigenvalue weighted by Crippen LogP contribution is 2.27. The first kappa shape index (κ1) is 23.5. The molecule has 0 unspecified atom stereocenters. The summed E-state index contributed by atoms with van der Waals surface area (Å²) >= 11 is 0. The van der Waals surface area contributed by atoms with Crippen LogP contribution in [0.4, 0.5) is 5.88 Å². The summed E-state index contributed by atoms with van der Waals surface area (Å²) in [5.41, 5.74) is 1.63. The quantitative estimate of drug-likeness (QED) is 0.438. The van der Waals surface area contributed by atoms with Crippen LogP contribution >= 0.6 is 0 Å². The molecule has 3 rings (SSSR count). The Bertz CT molecular complexity index is 1150. The number of nitrogens with one attached hydrogen (secondary N) is 1. The highest BCUT2D eigenvalue weighted by molar-refractivity contribution is 7.89. The van der Waals surface area contributed by atoms with Crippen LogP contribution in [0.5, 0.6) is 0 Å². The molecule has 0 aliphatic rings. The van der Waals surface area contributed by atoms with Gasteiger partial charge < -0.3 is 14.5 Å². The van der Waals surface area contributed by atoms with Gasteiger partial charge >= 0.3 is 0 Å². The van der Waals surface area contributed by atoms with Crippen molar-refractivity contribution in [3.63, 3.8) is 0 Å². The summed E-state index contributed by atoms with van der Waals surface area (Å²) in [6.07, 6.45) is 0.762. The van der Waals surface area contributed by atoms with Gasteiger partial charge in [-0.05, 0) is 43.2 Å². The van der Waals surface area contributed by atoms with Crippen molar-refractivity contribution in [2.24, 2.45) is 0 Å². The Morgan fingerprint density at radius 3 is 2.53 bits per heavy atom. The molecule has 0 saturated heterocycles. The maximum absolute atomic E-state index is 12.9. The molecule has 32 heavy (non-hydrogen) atoms. The van der Waals surface area contributed by atoms with E-state index in [-0.39, 0.29) is 23.0 Å². The van der Waals surface area contributed by atoms with Crippen molar-refractivity contribution >= 4 is 15.9 Å². The molecular weight excluding hydrogens is 428 g/mol. The van der Waals surface area contributed by atoms with Crippen molar-refractivity contribution in [2.45, 2.75) is 24.8 Å². The van der Waals surface area contributed by atoms with Gasteiger partial charge in [0.25, 0.3) is 0 Å². The minimum absolute atomic E-state index is 0.149. The number of aromatic nitrogens is 1. The number of nitriles is 1. The fourth-order valence-corrected chi connectivity index (χ4v) is 4.19. The second-order valence-corrected chi connectivity index (χ2v) is 9.10. The van der Waals surface area contributed by atoms with Crippen LogP contribution in [0.15, 0.2) is 63.9 Å². The Labute approximate surface area is 188 Å². The third-order valence-electron chi connectivity index (χ3n) is 4.75. The summed E-state index contributed by atoms with van der Waals surface area (Å²) in [4.78, 5) is 4.38. The van der Waals surface area contributed by atoms with Gasteiger partial charge in [-0.15, -0.1) is 0 Å². The summed E-state index contributed by atoms with van der Waals surface area (Å²) in [5.74, 6) is 0.536. The molecule has 0 radical (unpaired) electrons. The zero-order valence-electron chi connectivity index (χ0n) is 18.1. The van der Waals surface area contributed by atoms with E-state index in [0.29, 0.717) is 31.2 Å². The lowest BCUT2D eigenvalue weighted by molar-refractivity contribution is 0.147. The number of oxazole rings is 1. The normalized spacial score (nSPS) is 11.4. The van der Waals surface area contributed by atoms with Gasteiger partial charge in [0, 0.05) is 38.9 Å². The molecule has 0 spiro atoms. The van der Waals surface area contributed by atoms with Crippen molar-refractivity contribution in [1.82, 2.24) is 9.29 Å². The summed E-state index contributed by atoms with van der Waals surface area (Å²) < 4.78 is 38.1. The molecule has 9 heteroatoms. The molecule has 0 amide bonds. The fraction of sp³-hybridized carbons (Fsp3) is 0.304. The van der Waals surface area contributed by atoms with E-state index in [2.05, 4.69) is 10.3 Å². The van der Waals surface area contributed by atoms with Crippen LogP contribution in [0.1, 0.15) is 24.6 Å². The molecule has 2 aromatic carbocycles. The smallest absolute Gasteiger partial charge is 0.243 e. The zero-order chi connectivity index (χ0) is 23.0. The van der Waals surface area contributed by atoms with E-state index in [9.17, 15) is 13.7 Å². The molecule has 168 valence electrons. The molecule has 0 aliphatic carbocycles. The van der Waals surface area contributed by atoms with Crippen LogP contribution in [-0.2, 0) is 21.3 Å². The topological polar surface area (TPSA) is 108 Å². The minimum Gasteiger partial charge on any atom is -0.419 e. The van der Waals surface area contributed by atoms with Gasteiger partial charge in [-0.3, -0.25) is 0 Å². The molecule has 1 N–H and O–H groups in total. The molecular formula is C23H26N4O4S. The van der Waals surface area contributed by atoms with E-state index in [0.717, 1.165) is 12.0 Å². The summed E-state index contributed by atoms with van der Waals surface area (Å²) in [7, 11) is -2.11. The van der Waals surface area contributed by atoms with E-state index in [1.54, 1.807) is 19.2 Å². The van der Waals surface area contributed by atoms with E-state index in [4.69, 9.17) is 9.15 Å². The van der Waals surface area contributed by atoms with Crippen LogP contribution in [0, 0.1) is 11.3 Å². The van der Waals surface area contributed by atoms with Gasteiger partial charge in [0.1, 0.15) is 6.07 Å². The fourth-order valence-electron chi connectivity index (χ4n) is 3.03. The molecule has 1 heterocycles. The summed E-state index contributed by atoms with van der Waals surface area (Å²) in [6, 6.07) is 17.7. The molecule has 0 bridgehead atoms.